The van der Waals surface area contributed by atoms with Crippen LogP contribution < -0.4 is 5.73 Å². The molecule has 1 atom stereocenters. The zero-order valence-corrected chi connectivity index (χ0v) is 6.56. The zero-order chi connectivity index (χ0) is 7.11. The summed E-state index contributed by atoms with van der Waals surface area (Å²) in [5.41, 5.74) is 5.32. The Kier molecular flexibility index (Phi) is 6.06. The van der Waals surface area contributed by atoms with Gasteiger partial charge in [-0.05, 0) is 25.3 Å². The summed E-state index contributed by atoms with van der Waals surface area (Å²) in [6.45, 7) is 5.22. The SMILES string of the molecule is CCCC(C)C[CH]CN. The lowest BCUT2D eigenvalue weighted by Gasteiger charge is -2.06. The first-order chi connectivity index (χ1) is 4.31. The van der Waals surface area contributed by atoms with E-state index in [0.29, 0.717) is 0 Å². The van der Waals surface area contributed by atoms with Crippen LogP contribution in [0.15, 0.2) is 0 Å². The molecular weight excluding hydrogens is 110 g/mol. The van der Waals surface area contributed by atoms with Crippen LogP contribution in [-0.4, -0.2) is 6.54 Å². The zero-order valence-electron chi connectivity index (χ0n) is 6.56. The third-order valence-corrected chi connectivity index (χ3v) is 1.52. The molecule has 0 fully saturated rings. The van der Waals surface area contributed by atoms with Gasteiger partial charge in [-0.3, -0.25) is 0 Å². The van der Waals surface area contributed by atoms with Crippen molar-refractivity contribution in [3.05, 3.63) is 6.42 Å². The molecule has 1 radical (unpaired) electrons. The van der Waals surface area contributed by atoms with Gasteiger partial charge in [0.1, 0.15) is 0 Å². The van der Waals surface area contributed by atoms with Crippen molar-refractivity contribution < 1.29 is 0 Å². The first kappa shape index (κ1) is 8.96. The summed E-state index contributed by atoms with van der Waals surface area (Å²) in [5, 5.41) is 0. The Bertz CT molecular complexity index is 52.5. The fourth-order valence-electron chi connectivity index (χ4n) is 0.991. The fourth-order valence-corrected chi connectivity index (χ4v) is 0.991. The summed E-state index contributed by atoms with van der Waals surface area (Å²) < 4.78 is 0. The minimum atomic E-state index is 0.730. The van der Waals surface area contributed by atoms with Crippen molar-refractivity contribution in [2.45, 2.75) is 33.1 Å². The van der Waals surface area contributed by atoms with Crippen molar-refractivity contribution >= 4 is 0 Å². The first-order valence-electron chi connectivity index (χ1n) is 3.83. The average Bonchev–Trinajstić information content (AvgIpc) is 1.85. The third-order valence-electron chi connectivity index (χ3n) is 1.52. The first-order valence-corrected chi connectivity index (χ1v) is 3.83. The highest BCUT2D eigenvalue weighted by atomic mass is 14.5. The Hall–Kier alpha value is -0.0400. The normalized spacial score (nSPS) is 13.7. The molecule has 2 N–H and O–H groups in total. The second-order valence-electron chi connectivity index (χ2n) is 2.65. The fraction of sp³-hybridized carbons (Fsp3) is 0.875. The molecule has 55 valence electrons. The minimum absolute atomic E-state index is 0.730. The van der Waals surface area contributed by atoms with Crippen LogP contribution in [0.25, 0.3) is 0 Å². The smallest absolute Gasteiger partial charge is 0.00456 e. The van der Waals surface area contributed by atoms with Gasteiger partial charge in [-0.1, -0.05) is 26.7 Å². The van der Waals surface area contributed by atoms with Crippen molar-refractivity contribution in [2.24, 2.45) is 11.7 Å². The van der Waals surface area contributed by atoms with Crippen molar-refractivity contribution in [3.63, 3.8) is 0 Å². The standard InChI is InChI=1S/C8H18N/c1-3-5-8(2)6-4-7-9/h4,8H,3,5-7,9H2,1-2H3. The predicted molar refractivity (Wildman–Crippen MR) is 42.0 cm³/mol. The average molecular weight is 128 g/mol. The van der Waals surface area contributed by atoms with Gasteiger partial charge in [0, 0.05) is 0 Å². The lowest BCUT2D eigenvalue weighted by molar-refractivity contribution is 0.514. The molecule has 0 amide bonds. The number of hydrogen-bond donors (Lipinski definition) is 1. The molecule has 0 aromatic carbocycles. The van der Waals surface area contributed by atoms with Crippen molar-refractivity contribution in [1.29, 1.82) is 0 Å². The lowest BCUT2D eigenvalue weighted by atomic mass is 10.0. The minimum Gasteiger partial charge on any atom is -0.330 e. The van der Waals surface area contributed by atoms with Crippen LogP contribution in [0.3, 0.4) is 0 Å². The van der Waals surface area contributed by atoms with Crippen LogP contribution in [0.1, 0.15) is 33.1 Å². The number of rotatable bonds is 5. The molecule has 0 saturated carbocycles. The second kappa shape index (κ2) is 6.09. The van der Waals surface area contributed by atoms with Crippen LogP contribution in [-0.2, 0) is 0 Å². The Morgan fingerprint density at radius 3 is 2.67 bits per heavy atom. The summed E-state index contributed by atoms with van der Waals surface area (Å²) >= 11 is 0. The number of nitrogens with two attached hydrogens (primary N) is 1. The van der Waals surface area contributed by atoms with Gasteiger partial charge in [0.05, 0.1) is 0 Å². The van der Waals surface area contributed by atoms with E-state index in [1.807, 2.05) is 0 Å². The van der Waals surface area contributed by atoms with E-state index in [4.69, 9.17) is 5.73 Å². The summed E-state index contributed by atoms with van der Waals surface area (Å²) in [4.78, 5) is 0. The quantitative estimate of drug-likeness (QED) is 0.602. The molecule has 1 nitrogen and oxygen atoms in total. The third kappa shape index (κ3) is 5.84. The number of hydrogen-bond acceptors (Lipinski definition) is 1. The van der Waals surface area contributed by atoms with E-state index in [-0.39, 0.29) is 0 Å². The Morgan fingerprint density at radius 2 is 2.22 bits per heavy atom. The van der Waals surface area contributed by atoms with Crippen LogP contribution in [0, 0.1) is 12.3 Å². The highest BCUT2D eigenvalue weighted by Crippen LogP contribution is 2.10. The van der Waals surface area contributed by atoms with E-state index in [1.165, 1.54) is 19.3 Å². The topological polar surface area (TPSA) is 26.0 Å². The van der Waals surface area contributed by atoms with E-state index in [0.717, 1.165) is 12.5 Å². The molecule has 0 aliphatic rings. The van der Waals surface area contributed by atoms with Gasteiger partial charge in [0.25, 0.3) is 0 Å². The van der Waals surface area contributed by atoms with Crippen molar-refractivity contribution in [3.8, 4) is 0 Å². The van der Waals surface area contributed by atoms with Crippen molar-refractivity contribution in [2.75, 3.05) is 6.54 Å². The van der Waals surface area contributed by atoms with Gasteiger partial charge in [-0.15, -0.1) is 0 Å². The summed E-state index contributed by atoms with van der Waals surface area (Å²) in [6.07, 6.45) is 5.96. The molecule has 0 saturated heterocycles. The molecule has 1 heteroatoms. The van der Waals surface area contributed by atoms with Gasteiger partial charge >= 0.3 is 0 Å². The molecule has 0 aromatic heterocycles. The van der Waals surface area contributed by atoms with E-state index >= 15 is 0 Å². The van der Waals surface area contributed by atoms with Crippen LogP contribution in [0.5, 0.6) is 0 Å². The maximum absolute atomic E-state index is 5.32. The molecule has 0 spiro atoms. The largest absolute Gasteiger partial charge is 0.330 e. The predicted octanol–water partition coefficient (Wildman–Crippen LogP) is 1.98. The summed E-state index contributed by atoms with van der Waals surface area (Å²) in [5.74, 6) is 0.832. The molecular formula is C8H18N. The molecule has 0 aliphatic carbocycles. The molecule has 0 rings (SSSR count). The Balaban J connectivity index is 2.95. The molecule has 0 aliphatic heterocycles. The maximum atomic E-state index is 5.32. The van der Waals surface area contributed by atoms with Gasteiger partial charge in [0.2, 0.25) is 0 Å². The molecule has 1 unspecified atom stereocenters. The van der Waals surface area contributed by atoms with Crippen molar-refractivity contribution in [1.82, 2.24) is 0 Å². The van der Waals surface area contributed by atoms with Crippen LogP contribution in [0.4, 0.5) is 0 Å². The summed E-state index contributed by atoms with van der Waals surface area (Å²) in [7, 11) is 0. The Morgan fingerprint density at radius 1 is 1.56 bits per heavy atom. The summed E-state index contributed by atoms with van der Waals surface area (Å²) in [6, 6.07) is 0. The van der Waals surface area contributed by atoms with Gasteiger partial charge < -0.3 is 5.73 Å². The van der Waals surface area contributed by atoms with Crippen LogP contribution >= 0.6 is 0 Å². The van der Waals surface area contributed by atoms with E-state index in [9.17, 15) is 0 Å². The van der Waals surface area contributed by atoms with Gasteiger partial charge in [0.15, 0.2) is 0 Å². The second-order valence-corrected chi connectivity index (χ2v) is 2.65. The molecule has 0 aromatic rings. The van der Waals surface area contributed by atoms with E-state index < -0.39 is 0 Å². The highest BCUT2D eigenvalue weighted by molar-refractivity contribution is 4.68. The molecule has 0 heterocycles. The van der Waals surface area contributed by atoms with Gasteiger partial charge in [-0.2, -0.15) is 0 Å². The van der Waals surface area contributed by atoms with Crippen LogP contribution in [0.2, 0.25) is 0 Å². The lowest BCUT2D eigenvalue weighted by Crippen LogP contribution is -2.03. The Labute approximate surface area is 58.6 Å². The highest BCUT2D eigenvalue weighted by Gasteiger charge is 1.97. The van der Waals surface area contributed by atoms with E-state index in [1.54, 1.807) is 0 Å². The monoisotopic (exact) mass is 128 g/mol. The van der Waals surface area contributed by atoms with Gasteiger partial charge in [-0.25, -0.2) is 0 Å². The molecule has 0 bridgehead atoms. The maximum Gasteiger partial charge on any atom is -0.00456 e. The van der Waals surface area contributed by atoms with E-state index in [2.05, 4.69) is 20.3 Å². The molecule has 9 heavy (non-hydrogen) atoms.